The van der Waals surface area contributed by atoms with Crippen LogP contribution in [0.4, 0.5) is 0 Å². The van der Waals surface area contributed by atoms with Crippen molar-refractivity contribution in [2.24, 2.45) is 35.5 Å². The molecule has 0 radical (unpaired) electrons. The highest BCUT2D eigenvalue weighted by Gasteiger charge is 2.64. The monoisotopic (exact) mass is 242 g/mol. The summed E-state index contributed by atoms with van der Waals surface area (Å²) in [5.41, 5.74) is 2.45. The molecule has 0 saturated heterocycles. The molecule has 4 bridgehead atoms. The van der Waals surface area contributed by atoms with Crippen molar-refractivity contribution >= 4 is 11.6 Å². The van der Waals surface area contributed by atoms with E-state index in [0.29, 0.717) is 23.4 Å². The van der Waals surface area contributed by atoms with Gasteiger partial charge >= 0.3 is 0 Å². The smallest absolute Gasteiger partial charge is 0.140 e. The first-order valence-electron chi connectivity index (χ1n) is 6.98. The van der Waals surface area contributed by atoms with Gasteiger partial charge in [0.1, 0.15) is 11.6 Å². The van der Waals surface area contributed by atoms with Gasteiger partial charge in [0.25, 0.3) is 0 Å². The van der Waals surface area contributed by atoms with Crippen LogP contribution in [-0.4, -0.2) is 11.6 Å². The van der Waals surface area contributed by atoms with Gasteiger partial charge < -0.3 is 0 Å². The van der Waals surface area contributed by atoms with Crippen molar-refractivity contribution in [3.8, 4) is 0 Å². The molecule has 2 heteroatoms. The molecule has 0 aromatic heterocycles. The van der Waals surface area contributed by atoms with Gasteiger partial charge in [-0.15, -0.1) is 0 Å². The van der Waals surface area contributed by atoms with Crippen LogP contribution in [0.5, 0.6) is 0 Å². The summed E-state index contributed by atoms with van der Waals surface area (Å²) in [6.07, 6.45) is 3.33. The molecule has 0 aromatic carbocycles. The Hall–Kier alpha value is -1.18. The van der Waals surface area contributed by atoms with E-state index in [1.165, 1.54) is 11.1 Å². The first-order chi connectivity index (χ1) is 8.58. The average molecular weight is 242 g/mol. The summed E-state index contributed by atoms with van der Waals surface area (Å²) in [6, 6.07) is 0. The number of hydrogen-bond donors (Lipinski definition) is 0. The second-order valence-corrected chi connectivity index (χ2v) is 6.70. The fourth-order valence-electron chi connectivity index (χ4n) is 5.30. The Morgan fingerprint density at radius 2 is 0.944 bits per heavy atom. The molecule has 6 atom stereocenters. The number of allylic oxidation sites excluding steroid dienone is 2. The second kappa shape index (κ2) is 3.23. The Kier molecular flexibility index (Phi) is 1.92. The zero-order chi connectivity index (χ0) is 12.6. The van der Waals surface area contributed by atoms with Crippen LogP contribution in [0.1, 0.15) is 25.7 Å². The van der Waals surface area contributed by atoms with Gasteiger partial charge in [0.05, 0.1) is 0 Å². The predicted octanol–water partition coefficient (Wildman–Crippen LogP) is 2.55. The molecule has 4 aliphatic rings. The maximum Gasteiger partial charge on any atom is 0.140 e. The van der Waals surface area contributed by atoms with Crippen molar-refractivity contribution in [3.05, 3.63) is 24.3 Å². The normalized spacial score (nSPS) is 49.8. The van der Waals surface area contributed by atoms with Crippen LogP contribution in [0.2, 0.25) is 0 Å². The fourth-order valence-corrected chi connectivity index (χ4v) is 5.30. The summed E-state index contributed by atoms with van der Waals surface area (Å²) in [7, 11) is 0. The van der Waals surface area contributed by atoms with Crippen molar-refractivity contribution in [2.45, 2.75) is 25.7 Å². The van der Waals surface area contributed by atoms with Crippen LogP contribution in [0.25, 0.3) is 0 Å². The van der Waals surface area contributed by atoms with Crippen molar-refractivity contribution in [1.29, 1.82) is 0 Å². The molecule has 0 aromatic rings. The van der Waals surface area contributed by atoms with E-state index in [2.05, 4.69) is 13.2 Å². The number of carbonyl (C=O) groups is 2. The Balaban J connectivity index is 1.82. The maximum absolute atomic E-state index is 12.4. The molecule has 0 aliphatic heterocycles. The van der Waals surface area contributed by atoms with Crippen molar-refractivity contribution in [3.63, 3.8) is 0 Å². The molecular weight excluding hydrogens is 224 g/mol. The van der Waals surface area contributed by atoms with Crippen molar-refractivity contribution < 1.29 is 9.59 Å². The fraction of sp³-hybridized carbons (Fsp3) is 0.625. The van der Waals surface area contributed by atoms with Gasteiger partial charge in [-0.05, 0) is 37.5 Å². The minimum atomic E-state index is 0.103. The van der Waals surface area contributed by atoms with E-state index in [1.54, 1.807) is 0 Å². The van der Waals surface area contributed by atoms with E-state index in [0.717, 1.165) is 25.7 Å². The van der Waals surface area contributed by atoms with Crippen molar-refractivity contribution in [1.82, 2.24) is 0 Å². The summed E-state index contributed by atoms with van der Waals surface area (Å²) in [6.45, 7) is 8.18. The summed E-state index contributed by atoms with van der Waals surface area (Å²) >= 11 is 0. The molecule has 0 heterocycles. The molecule has 0 spiro atoms. The van der Waals surface area contributed by atoms with E-state index in [4.69, 9.17) is 0 Å². The SMILES string of the molecule is C=C1C[C@@H]2C(=O)[C@H](C1)C1C3CC(=C)C[C@@H](C3=O)C12. The van der Waals surface area contributed by atoms with E-state index in [1.807, 2.05) is 0 Å². The van der Waals surface area contributed by atoms with Crippen LogP contribution in [0.3, 0.4) is 0 Å². The summed E-state index contributed by atoms with van der Waals surface area (Å²) < 4.78 is 0. The number of fused-ring (bicyclic) bond motifs is 9. The largest absolute Gasteiger partial charge is 0.299 e. The van der Waals surface area contributed by atoms with Crippen LogP contribution in [0, 0.1) is 35.5 Å². The minimum absolute atomic E-state index is 0.103. The lowest BCUT2D eigenvalue weighted by Gasteiger charge is -2.29. The third-order valence-corrected chi connectivity index (χ3v) is 5.80. The summed E-state index contributed by atoms with van der Waals surface area (Å²) in [4.78, 5) is 24.8. The third-order valence-electron chi connectivity index (χ3n) is 5.80. The minimum Gasteiger partial charge on any atom is -0.299 e. The summed E-state index contributed by atoms with van der Waals surface area (Å²) in [5.74, 6) is 1.92. The van der Waals surface area contributed by atoms with Crippen molar-refractivity contribution in [2.75, 3.05) is 0 Å². The molecule has 0 amide bonds. The molecule has 3 unspecified atom stereocenters. The van der Waals surface area contributed by atoms with Gasteiger partial charge in [0.2, 0.25) is 0 Å². The lowest BCUT2D eigenvalue weighted by atomic mass is 9.73. The Morgan fingerprint density at radius 3 is 1.22 bits per heavy atom. The molecule has 4 rings (SSSR count). The molecule has 4 fully saturated rings. The highest BCUT2D eigenvalue weighted by atomic mass is 16.1. The molecule has 18 heavy (non-hydrogen) atoms. The van der Waals surface area contributed by atoms with E-state index in [9.17, 15) is 9.59 Å². The zero-order valence-electron chi connectivity index (χ0n) is 10.5. The van der Waals surface area contributed by atoms with Crippen LogP contribution in [-0.2, 0) is 9.59 Å². The lowest BCUT2D eigenvalue weighted by Crippen LogP contribution is -2.33. The molecule has 2 nitrogen and oxygen atoms in total. The highest BCUT2D eigenvalue weighted by molar-refractivity contribution is 5.96. The Morgan fingerprint density at radius 1 is 0.667 bits per heavy atom. The van der Waals surface area contributed by atoms with E-state index in [-0.39, 0.29) is 23.7 Å². The Bertz CT molecular complexity index is 419. The number of carbonyl (C=O) groups excluding carboxylic acids is 2. The quantitative estimate of drug-likeness (QED) is 0.483. The van der Waals surface area contributed by atoms with Crippen LogP contribution < -0.4 is 0 Å². The number of ketones is 2. The second-order valence-electron chi connectivity index (χ2n) is 6.70. The van der Waals surface area contributed by atoms with Gasteiger partial charge in [0, 0.05) is 23.7 Å². The summed E-state index contributed by atoms with van der Waals surface area (Å²) in [5, 5.41) is 0. The van der Waals surface area contributed by atoms with Gasteiger partial charge in [-0.25, -0.2) is 0 Å². The molecule has 4 aliphatic carbocycles. The molecule has 0 N–H and O–H groups in total. The third kappa shape index (κ3) is 1.10. The lowest BCUT2D eigenvalue weighted by molar-refractivity contribution is -0.130. The van der Waals surface area contributed by atoms with E-state index >= 15 is 0 Å². The van der Waals surface area contributed by atoms with Crippen LogP contribution >= 0.6 is 0 Å². The molecule has 4 saturated carbocycles. The van der Waals surface area contributed by atoms with Gasteiger partial charge in [-0.3, -0.25) is 9.59 Å². The number of hydrogen-bond acceptors (Lipinski definition) is 2. The van der Waals surface area contributed by atoms with Crippen LogP contribution in [0.15, 0.2) is 24.3 Å². The first-order valence-corrected chi connectivity index (χ1v) is 6.98. The van der Waals surface area contributed by atoms with E-state index < -0.39 is 0 Å². The molecule has 94 valence electrons. The predicted molar refractivity (Wildman–Crippen MR) is 67.7 cm³/mol. The maximum atomic E-state index is 12.4. The number of rotatable bonds is 0. The standard InChI is InChI=1S/C16H18O2/c1-7-3-9-13-11-5-8(2)6-12(16(11)18)14(13)10(4-7)15(9)17/h9-14H,1-6H2/t9-,10+,11+,12?,13?,14?/m0/s1. The van der Waals surface area contributed by atoms with Gasteiger partial charge in [0.15, 0.2) is 0 Å². The highest BCUT2D eigenvalue weighted by Crippen LogP contribution is 2.62. The molecular formula is C16H18O2. The zero-order valence-corrected chi connectivity index (χ0v) is 10.5. The van der Waals surface area contributed by atoms with Gasteiger partial charge in [-0.2, -0.15) is 0 Å². The topological polar surface area (TPSA) is 34.1 Å². The number of Topliss-reactive ketones (excluding diaryl/α,β-unsaturated/α-hetero) is 2. The average Bonchev–Trinajstić information content (AvgIpc) is 2.60. The Labute approximate surface area is 107 Å². The van der Waals surface area contributed by atoms with Gasteiger partial charge in [-0.1, -0.05) is 24.3 Å². The first kappa shape index (κ1) is 10.7.